The molecule has 0 atom stereocenters. The first kappa shape index (κ1) is 12.0. The number of carbonyl (C=O) groups is 1. The molecule has 18 heavy (non-hydrogen) atoms. The highest BCUT2D eigenvalue weighted by atomic mass is 19.1. The third-order valence-corrected chi connectivity index (χ3v) is 2.44. The summed E-state index contributed by atoms with van der Waals surface area (Å²) >= 11 is 0. The molecule has 4 nitrogen and oxygen atoms in total. The van der Waals surface area contributed by atoms with E-state index in [2.05, 4.69) is 10.3 Å². The molecule has 0 radical (unpaired) electrons. The van der Waals surface area contributed by atoms with Gasteiger partial charge in [0.1, 0.15) is 5.82 Å². The molecule has 2 aromatic rings. The number of aromatic carboxylic acids is 1. The molecule has 2 rings (SSSR count). The standard InChI is InChI=1S/C13H11FN2O2/c14-12-2-1-10(7-11(12)13(17)18)16-8-9-3-5-15-6-4-9/h1-7,16H,8H2,(H,17,18). The lowest BCUT2D eigenvalue weighted by molar-refractivity contribution is 0.0692. The van der Waals surface area contributed by atoms with Gasteiger partial charge in [0.25, 0.3) is 0 Å². The van der Waals surface area contributed by atoms with Crippen molar-refractivity contribution in [1.82, 2.24) is 4.98 Å². The molecule has 1 heterocycles. The summed E-state index contributed by atoms with van der Waals surface area (Å²) in [7, 11) is 0. The molecule has 5 heteroatoms. The fourth-order valence-electron chi connectivity index (χ4n) is 1.50. The van der Waals surface area contributed by atoms with Crippen LogP contribution in [0.4, 0.5) is 10.1 Å². The molecule has 0 bridgehead atoms. The number of rotatable bonds is 4. The number of anilines is 1. The summed E-state index contributed by atoms with van der Waals surface area (Å²) in [5, 5.41) is 11.8. The Morgan fingerprint density at radius 3 is 2.67 bits per heavy atom. The van der Waals surface area contributed by atoms with E-state index in [1.807, 2.05) is 12.1 Å². The van der Waals surface area contributed by atoms with Crippen molar-refractivity contribution in [2.45, 2.75) is 6.54 Å². The predicted octanol–water partition coefficient (Wildman–Crippen LogP) is 2.53. The zero-order valence-electron chi connectivity index (χ0n) is 9.43. The molecule has 2 N–H and O–H groups in total. The maximum Gasteiger partial charge on any atom is 0.338 e. The monoisotopic (exact) mass is 246 g/mol. The summed E-state index contributed by atoms with van der Waals surface area (Å²) in [6.07, 6.45) is 3.34. The second-order valence-electron chi connectivity index (χ2n) is 3.71. The zero-order valence-corrected chi connectivity index (χ0v) is 9.43. The first-order valence-electron chi connectivity index (χ1n) is 5.32. The van der Waals surface area contributed by atoms with Crippen LogP contribution in [0.3, 0.4) is 0 Å². The van der Waals surface area contributed by atoms with Crippen LogP contribution in [-0.2, 0) is 6.54 Å². The minimum absolute atomic E-state index is 0.338. The van der Waals surface area contributed by atoms with E-state index in [0.717, 1.165) is 11.6 Å². The molecule has 0 fully saturated rings. The van der Waals surface area contributed by atoms with Crippen LogP contribution in [0.5, 0.6) is 0 Å². The number of carboxylic acids is 1. The second-order valence-corrected chi connectivity index (χ2v) is 3.71. The number of nitrogens with zero attached hydrogens (tertiary/aromatic N) is 1. The van der Waals surface area contributed by atoms with Crippen LogP contribution in [0.2, 0.25) is 0 Å². The Kier molecular flexibility index (Phi) is 3.52. The van der Waals surface area contributed by atoms with Gasteiger partial charge in [0.05, 0.1) is 5.56 Å². The van der Waals surface area contributed by atoms with E-state index < -0.39 is 11.8 Å². The van der Waals surface area contributed by atoms with E-state index >= 15 is 0 Å². The van der Waals surface area contributed by atoms with Crippen LogP contribution < -0.4 is 5.32 Å². The van der Waals surface area contributed by atoms with E-state index in [9.17, 15) is 9.18 Å². The third kappa shape index (κ3) is 2.82. The van der Waals surface area contributed by atoms with Gasteiger partial charge in [-0.3, -0.25) is 4.98 Å². The molecule has 0 amide bonds. The first-order chi connectivity index (χ1) is 8.66. The highest BCUT2D eigenvalue weighted by Gasteiger charge is 2.10. The average molecular weight is 246 g/mol. The van der Waals surface area contributed by atoms with Gasteiger partial charge in [-0.25, -0.2) is 9.18 Å². The summed E-state index contributed by atoms with van der Waals surface area (Å²) in [5.74, 6) is -2.02. The van der Waals surface area contributed by atoms with Crippen LogP contribution >= 0.6 is 0 Å². The summed E-state index contributed by atoms with van der Waals surface area (Å²) in [4.78, 5) is 14.7. The quantitative estimate of drug-likeness (QED) is 0.870. The van der Waals surface area contributed by atoms with Crippen molar-refractivity contribution in [3.63, 3.8) is 0 Å². The fourth-order valence-corrected chi connectivity index (χ4v) is 1.50. The number of hydrogen-bond donors (Lipinski definition) is 2. The highest BCUT2D eigenvalue weighted by Crippen LogP contribution is 2.15. The molecule has 0 spiro atoms. The van der Waals surface area contributed by atoms with Crippen LogP contribution in [-0.4, -0.2) is 16.1 Å². The van der Waals surface area contributed by atoms with E-state index in [1.165, 1.54) is 12.1 Å². The van der Waals surface area contributed by atoms with Crippen molar-refractivity contribution in [1.29, 1.82) is 0 Å². The van der Waals surface area contributed by atoms with Gasteiger partial charge in [0, 0.05) is 24.6 Å². The van der Waals surface area contributed by atoms with E-state index in [4.69, 9.17) is 5.11 Å². The Morgan fingerprint density at radius 2 is 2.00 bits per heavy atom. The summed E-state index contributed by atoms with van der Waals surface area (Å²) in [5.41, 5.74) is 1.23. The largest absolute Gasteiger partial charge is 0.478 e. The Balaban J connectivity index is 2.11. The summed E-state index contributed by atoms with van der Waals surface area (Å²) in [6.45, 7) is 0.521. The van der Waals surface area contributed by atoms with E-state index in [1.54, 1.807) is 12.4 Å². The Hall–Kier alpha value is -2.43. The number of benzene rings is 1. The SMILES string of the molecule is O=C(O)c1cc(NCc2ccncc2)ccc1F. The molecule has 0 aliphatic rings. The molecular weight excluding hydrogens is 235 g/mol. The molecule has 92 valence electrons. The molecule has 0 aliphatic carbocycles. The van der Waals surface area contributed by atoms with Crippen molar-refractivity contribution in [3.05, 3.63) is 59.7 Å². The van der Waals surface area contributed by atoms with Gasteiger partial charge in [-0.2, -0.15) is 0 Å². The number of nitrogens with one attached hydrogen (secondary N) is 1. The van der Waals surface area contributed by atoms with Crippen LogP contribution in [0.15, 0.2) is 42.7 Å². The number of aromatic nitrogens is 1. The normalized spacial score (nSPS) is 10.1. The molecule has 0 aliphatic heterocycles. The number of pyridine rings is 1. The minimum atomic E-state index is -1.28. The number of carboxylic acid groups (broad SMARTS) is 1. The van der Waals surface area contributed by atoms with Crippen molar-refractivity contribution in [2.24, 2.45) is 0 Å². The van der Waals surface area contributed by atoms with Crippen LogP contribution in [0.25, 0.3) is 0 Å². The number of hydrogen-bond acceptors (Lipinski definition) is 3. The Labute approximate surface area is 103 Å². The fraction of sp³-hybridized carbons (Fsp3) is 0.0769. The maximum absolute atomic E-state index is 13.2. The lowest BCUT2D eigenvalue weighted by Gasteiger charge is -2.07. The molecule has 0 saturated heterocycles. The molecule has 0 saturated carbocycles. The van der Waals surface area contributed by atoms with Crippen molar-refractivity contribution in [2.75, 3.05) is 5.32 Å². The van der Waals surface area contributed by atoms with Crippen molar-refractivity contribution >= 4 is 11.7 Å². The summed E-state index contributed by atoms with van der Waals surface area (Å²) in [6, 6.07) is 7.60. The van der Waals surface area contributed by atoms with Crippen LogP contribution in [0, 0.1) is 5.82 Å². The molecule has 0 unspecified atom stereocenters. The Bertz CT molecular complexity index is 558. The molecule has 1 aromatic carbocycles. The zero-order chi connectivity index (χ0) is 13.0. The lowest BCUT2D eigenvalue weighted by Crippen LogP contribution is -2.04. The van der Waals surface area contributed by atoms with Gasteiger partial charge in [-0.15, -0.1) is 0 Å². The van der Waals surface area contributed by atoms with Crippen molar-refractivity contribution < 1.29 is 14.3 Å². The second kappa shape index (κ2) is 5.27. The Morgan fingerprint density at radius 1 is 1.28 bits per heavy atom. The predicted molar refractivity (Wildman–Crippen MR) is 64.9 cm³/mol. The first-order valence-corrected chi connectivity index (χ1v) is 5.32. The maximum atomic E-state index is 13.2. The minimum Gasteiger partial charge on any atom is -0.478 e. The van der Waals surface area contributed by atoms with E-state index in [-0.39, 0.29) is 5.56 Å². The van der Waals surface area contributed by atoms with E-state index in [0.29, 0.717) is 12.2 Å². The van der Waals surface area contributed by atoms with Crippen LogP contribution in [0.1, 0.15) is 15.9 Å². The molecular formula is C13H11FN2O2. The highest BCUT2D eigenvalue weighted by molar-refractivity contribution is 5.89. The van der Waals surface area contributed by atoms with Gasteiger partial charge in [0.2, 0.25) is 0 Å². The van der Waals surface area contributed by atoms with Gasteiger partial charge >= 0.3 is 5.97 Å². The lowest BCUT2D eigenvalue weighted by atomic mass is 10.2. The van der Waals surface area contributed by atoms with Gasteiger partial charge in [-0.1, -0.05) is 0 Å². The van der Waals surface area contributed by atoms with Gasteiger partial charge in [-0.05, 0) is 35.9 Å². The smallest absolute Gasteiger partial charge is 0.338 e. The topological polar surface area (TPSA) is 62.2 Å². The third-order valence-electron chi connectivity index (χ3n) is 2.44. The number of halogens is 1. The van der Waals surface area contributed by atoms with Gasteiger partial charge in [0.15, 0.2) is 0 Å². The van der Waals surface area contributed by atoms with Gasteiger partial charge < -0.3 is 10.4 Å². The van der Waals surface area contributed by atoms with Crippen molar-refractivity contribution in [3.8, 4) is 0 Å². The molecule has 1 aromatic heterocycles. The summed E-state index contributed by atoms with van der Waals surface area (Å²) < 4.78 is 13.2. The average Bonchev–Trinajstić information content (AvgIpc) is 2.38.